The molecule has 0 saturated heterocycles. The Labute approximate surface area is 104 Å². The summed E-state index contributed by atoms with van der Waals surface area (Å²) in [4.78, 5) is 0.943. The molecule has 0 aliphatic heterocycles. The van der Waals surface area contributed by atoms with Crippen LogP contribution in [-0.2, 0) is 0 Å². The summed E-state index contributed by atoms with van der Waals surface area (Å²) in [5.74, 6) is 0. The standard InChI is InChI=1S/C12H8Cl2S/c13-11-6-3-9(7-12(11)14)8-1-4-10(15)5-2-8/h1-7,15H. The minimum absolute atomic E-state index is 0.573. The van der Waals surface area contributed by atoms with Crippen LogP contribution in [-0.4, -0.2) is 0 Å². The van der Waals surface area contributed by atoms with Gasteiger partial charge >= 0.3 is 0 Å². The lowest BCUT2D eigenvalue weighted by Gasteiger charge is -2.03. The summed E-state index contributed by atoms with van der Waals surface area (Å²) in [6.07, 6.45) is 0. The van der Waals surface area contributed by atoms with Crippen LogP contribution in [0.25, 0.3) is 11.1 Å². The Kier molecular flexibility index (Phi) is 3.25. The molecule has 2 rings (SSSR count). The van der Waals surface area contributed by atoms with Crippen molar-refractivity contribution in [1.82, 2.24) is 0 Å². The molecule has 2 aromatic carbocycles. The monoisotopic (exact) mass is 254 g/mol. The molecule has 0 nitrogen and oxygen atoms in total. The molecule has 0 bridgehead atoms. The molecule has 76 valence electrons. The van der Waals surface area contributed by atoms with Crippen LogP contribution in [0.3, 0.4) is 0 Å². The van der Waals surface area contributed by atoms with Crippen LogP contribution in [0.4, 0.5) is 0 Å². The Hall–Kier alpha value is -0.630. The summed E-state index contributed by atoms with van der Waals surface area (Å²) in [6, 6.07) is 13.5. The molecule has 0 aromatic heterocycles. The zero-order valence-corrected chi connectivity index (χ0v) is 10.2. The molecule has 0 fully saturated rings. The van der Waals surface area contributed by atoms with Gasteiger partial charge in [-0.3, -0.25) is 0 Å². The van der Waals surface area contributed by atoms with E-state index >= 15 is 0 Å². The maximum Gasteiger partial charge on any atom is 0.0598 e. The highest BCUT2D eigenvalue weighted by molar-refractivity contribution is 7.80. The van der Waals surface area contributed by atoms with E-state index in [0.29, 0.717) is 10.0 Å². The lowest BCUT2D eigenvalue weighted by atomic mass is 10.1. The molecule has 0 aliphatic rings. The molecule has 0 heterocycles. The van der Waals surface area contributed by atoms with Gasteiger partial charge in [-0.2, -0.15) is 0 Å². The fourth-order valence-corrected chi connectivity index (χ4v) is 1.78. The van der Waals surface area contributed by atoms with Crippen molar-refractivity contribution >= 4 is 35.8 Å². The SMILES string of the molecule is Sc1ccc(-c2ccc(Cl)c(Cl)c2)cc1. The summed E-state index contributed by atoms with van der Waals surface area (Å²) in [7, 11) is 0. The maximum absolute atomic E-state index is 5.95. The normalized spacial score (nSPS) is 10.3. The number of halogens is 2. The highest BCUT2D eigenvalue weighted by Crippen LogP contribution is 2.28. The highest BCUT2D eigenvalue weighted by atomic mass is 35.5. The van der Waals surface area contributed by atoms with Gasteiger partial charge in [-0.25, -0.2) is 0 Å². The van der Waals surface area contributed by atoms with Crippen molar-refractivity contribution in [2.45, 2.75) is 4.90 Å². The molecule has 15 heavy (non-hydrogen) atoms. The van der Waals surface area contributed by atoms with Gasteiger partial charge in [-0.1, -0.05) is 41.4 Å². The smallest absolute Gasteiger partial charge is 0.0598 e. The van der Waals surface area contributed by atoms with Gasteiger partial charge in [0.15, 0.2) is 0 Å². The fraction of sp³-hybridized carbons (Fsp3) is 0. The highest BCUT2D eigenvalue weighted by Gasteiger charge is 2.01. The number of rotatable bonds is 1. The molecule has 3 heteroatoms. The Balaban J connectivity index is 2.45. The molecule has 0 unspecified atom stereocenters. The van der Waals surface area contributed by atoms with Gasteiger partial charge in [-0.15, -0.1) is 12.6 Å². The van der Waals surface area contributed by atoms with Crippen molar-refractivity contribution in [3.63, 3.8) is 0 Å². The van der Waals surface area contributed by atoms with E-state index in [0.717, 1.165) is 16.0 Å². The van der Waals surface area contributed by atoms with E-state index in [4.69, 9.17) is 23.2 Å². The zero-order valence-electron chi connectivity index (χ0n) is 7.74. The lowest BCUT2D eigenvalue weighted by Crippen LogP contribution is -1.78. The summed E-state index contributed by atoms with van der Waals surface area (Å²) < 4.78 is 0. The van der Waals surface area contributed by atoms with Gasteiger partial charge < -0.3 is 0 Å². The number of hydrogen-bond acceptors (Lipinski definition) is 1. The van der Waals surface area contributed by atoms with E-state index in [-0.39, 0.29) is 0 Å². The van der Waals surface area contributed by atoms with Crippen LogP contribution in [0.1, 0.15) is 0 Å². The van der Waals surface area contributed by atoms with Gasteiger partial charge in [0.05, 0.1) is 10.0 Å². The maximum atomic E-state index is 5.95. The first-order valence-electron chi connectivity index (χ1n) is 4.41. The van der Waals surface area contributed by atoms with Gasteiger partial charge in [-0.05, 0) is 35.4 Å². The third-order valence-corrected chi connectivity index (χ3v) is 3.16. The number of benzene rings is 2. The van der Waals surface area contributed by atoms with Crippen molar-refractivity contribution in [2.24, 2.45) is 0 Å². The molecular formula is C12H8Cl2S. The first-order valence-corrected chi connectivity index (χ1v) is 5.61. The van der Waals surface area contributed by atoms with Crippen molar-refractivity contribution in [3.8, 4) is 11.1 Å². The van der Waals surface area contributed by atoms with Crippen molar-refractivity contribution in [2.75, 3.05) is 0 Å². The van der Waals surface area contributed by atoms with Crippen molar-refractivity contribution in [1.29, 1.82) is 0 Å². The second-order valence-corrected chi connectivity index (χ2v) is 4.51. The van der Waals surface area contributed by atoms with E-state index in [1.807, 2.05) is 36.4 Å². The summed E-state index contributed by atoms with van der Waals surface area (Å²) in [5.41, 5.74) is 2.16. The van der Waals surface area contributed by atoms with Crippen molar-refractivity contribution < 1.29 is 0 Å². The second kappa shape index (κ2) is 4.48. The van der Waals surface area contributed by atoms with Crippen LogP contribution >= 0.6 is 35.8 Å². The molecule has 0 atom stereocenters. The molecule has 0 saturated carbocycles. The molecule has 0 aliphatic carbocycles. The molecule has 0 amide bonds. The fourth-order valence-electron chi connectivity index (χ4n) is 1.33. The van der Waals surface area contributed by atoms with Crippen molar-refractivity contribution in [3.05, 3.63) is 52.5 Å². The Morgan fingerprint density at radius 1 is 0.733 bits per heavy atom. The number of hydrogen-bond donors (Lipinski definition) is 1. The molecular weight excluding hydrogens is 247 g/mol. The molecule has 0 radical (unpaired) electrons. The van der Waals surface area contributed by atoms with E-state index in [2.05, 4.69) is 12.6 Å². The molecule has 2 aromatic rings. The second-order valence-electron chi connectivity index (χ2n) is 3.18. The minimum atomic E-state index is 0.573. The lowest BCUT2D eigenvalue weighted by molar-refractivity contribution is 1.47. The quantitative estimate of drug-likeness (QED) is 0.685. The van der Waals surface area contributed by atoms with Gasteiger partial charge in [0, 0.05) is 4.90 Å². The predicted octanol–water partition coefficient (Wildman–Crippen LogP) is 4.95. The van der Waals surface area contributed by atoms with E-state index < -0.39 is 0 Å². The first-order chi connectivity index (χ1) is 7.16. The van der Waals surface area contributed by atoms with Gasteiger partial charge in [0.1, 0.15) is 0 Å². The Morgan fingerprint density at radius 2 is 1.33 bits per heavy atom. The molecule has 0 N–H and O–H groups in total. The average Bonchev–Trinajstić information content (AvgIpc) is 2.23. The van der Waals surface area contributed by atoms with E-state index in [9.17, 15) is 0 Å². The summed E-state index contributed by atoms with van der Waals surface area (Å²) in [5, 5.41) is 1.15. The van der Waals surface area contributed by atoms with Crippen LogP contribution in [0.2, 0.25) is 10.0 Å². The Morgan fingerprint density at radius 3 is 1.93 bits per heavy atom. The van der Waals surface area contributed by atoms with E-state index in [1.165, 1.54) is 0 Å². The largest absolute Gasteiger partial charge is 0.143 e. The van der Waals surface area contributed by atoms with Crippen LogP contribution < -0.4 is 0 Å². The topological polar surface area (TPSA) is 0 Å². The minimum Gasteiger partial charge on any atom is -0.143 e. The van der Waals surface area contributed by atoms with Gasteiger partial charge in [0.2, 0.25) is 0 Å². The van der Waals surface area contributed by atoms with Crippen LogP contribution in [0.15, 0.2) is 47.4 Å². The summed E-state index contributed by atoms with van der Waals surface area (Å²) >= 11 is 16.0. The third-order valence-electron chi connectivity index (χ3n) is 2.12. The summed E-state index contributed by atoms with van der Waals surface area (Å²) in [6.45, 7) is 0. The molecule has 0 spiro atoms. The Bertz CT molecular complexity index is 477. The van der Waals surface area contributed by atoms with Crippen LogP contribution in [0.5, 0.6) is 0 Å². The van der Waals surface area contributed by atoms with Crippen LogP contribution in [0, 0.1) is 0 Å². The average molecular weight is 255 g/mol. The first kappa shape index (κ1) is 10.9. The zero-order chi connectivity index (χ0) is 10.8. The van der Waals surface area contributed by atoms with Gasteiger partial charge in [0.25, 0.3) is 0 Å². The predicted molar refractivity (Wildman–Crippen MR) is 69.2 cm³/mol. The van der Waals surface area contributed by atoms with E-state index in [1.54, 1.807) is 6.07 Å². The third kappa shape index (κ3) is 2.49. The number of thiol groups is 1.